The molecule has 5 heteroatoms. The van der Waals surface area contributed by atoms with Gasteiger partial charge < -0.3 is 10.2 Å². The second kappa shape index (κ2) is 5.08. The van der Waals surface area contributed by atoms with Crippen LogP contribution in [0.1, 0.15) is 45.4 Å². The molecule has 1 fully saturated rings. The molecular weight excluding hydrogens is 226 g/mol. The fourth-order valence-corrected chi connectivity index (χ4v) is 1.82. The van der Waals surface area contributed by atoms with Crippen LogP contribution in [0.2, 0.25) is 0 Å². The van der Waals surface area contributed by atoms with Gasteiger partial charge in [-0.15, -0.1) is 0 Å². The minimum Gasteiger partial charge on any atom is -0.351 e. The van der Waals surface area contributed by atoms with Crippen molar-refractivity contribution < 1.29 is 0 Å². The predicted octanol–water partition coefficient (Wildman–Crippen LogP) is 2.27. The summed E-state index contributed by atoms with van der Waals surface area (Å²) in [7, 11) is 3.90. The highest BCUT2D eigenvalue weighted by Crippen LogP contribution is 2.33. The van der Waals surface area contributed by atoms with E-state index in [-0.39, 0.29) is 0 Å². The highest BCUT2D eigenvalue weighted by atomic mass is 15.3. The molecule has 1 heterocycles. The molecule has 1 atom stereocenters. The lowest BCUT2D eigenvalue weighted by Gasteiger charge is -2.17. The number of hydrogen-bond donors (Lipinski definition) is 1. The first kappa shape index (κ1) is 13.1. The van der Waals surface area contributed by atoms with Gasteiger partial charge in [0.15, 0.2) is 0 Å². The summed E-state index contributed by atoms with van der Waals surface area (Å²) in [5.41, 5.74) is 0. The molecule has 18 heavy (non-hydrogen) atoms. The number of anilines is 2. The molecule has 2 rings (SSSR count). The second-order valence-corrected chi connectivity index (χ2v) is 5.64. The Labute approximate surface area is 109 Å². The van der Waals surface area contributed by atoms with Gasteiger partial charge in [0.25, 0.3) is 0 Å². The van der Waals surface area contributed by atoms with Crippen LogP contribution in [-0.4, -0.2) is 35.1 Å². The average Bonchev–Trinajstić information content (AvgIpc) is 3.12. The molecule has 0 bridgehead atoms. The number of rotatable bonds is 5. The average molecular weight is 249 g/mol. The van der Waals surface area contributed by atoms with Gasteiger partial charge in [-0.05, 0) is 25.7 Å². The van der Waals surface area contributed by atoms with E-state index in [0.29, 0.717) is 17.9 Å². The van der Waals surface area contributed by atoms with Gasteiger partial charge in [-0.2, -0.15) is 15.0 Å². The molecule has 5 nitrogen and oxygen atoms in total. The van der Waals surface area contributed by atoms with Crippen LogP contribution < -0.4 is 10.2 Å². The van der Waals surface area contributed by atoms with Crippen molar-refractivity contribution in [2.45, 2.75) is 45.6 Å². The third kappa shape index (κ3) is 3.09. The molecule has 1 aromatic rings. The summed E-state index contributed by atoms with van der Waals surface area (Å²) in [5, 5.41) is 3.41. The molecule has 1 unspecified atom stereocenters. The largest absolute Gasteiger partial charge is 0.351 e. The van der Waals surface area contributed by atoms with Crippen LogP contribution in [0.5, 0.6) is 0 Å². The van der Waals surface area contributed by atoms with E-state index in [4.69, 9.17) is 0 Å². The summed E-state index contributed by atoms with van der Waals surface area (Å²) in [5.74, 6) is 3.37. The summed E-state index contributed by atoms with van der Waals surface area (Å²) in [6, 6.07) is 0.447. The molecule has 0 amide bonds. The first-order chi connectivity index (χ1) is 8.47. The molecule has 0 spiro atoms. The lowest BCUT2D eigenvalue weighted by atomic mass is 10.2. The SMILES string of the molecule is CC(C)c1nc(NC(C)C2CC2)nc(N(C)C)n1. The minimum atomic E-state index is 0.309. The number of hydrogen-bond acceptors (Lipinski definition) is 5. The summed E-state index contributed by atoms with van der Waals surface area (Å²) in [6.07, 6.45) is 2.63. The van der Waals surface area contributed by atoms with Crippen LogP contribution in [0.4, 0.5) is 11.9 Å². The van der Waals surface area contributed by atoms with Gasteiger partial charge >= 0.3 is 0 Å². The summed E-state index contributed by atoms with van der Waals surface area (Å²) in [6.45, 7) is 6.40. The van der Waals surface area contributed by atoms with E-state index in [0.717, 1.165) is 17.7 Å². The van der Waals surface area contributed by atoms with E-state index in [1.807, 2.05) is 19.0 Å². The minimum absolute atomic E-state index is 0.309. The normalized spacial score (nSPS) is 16.8. The molecule has 100 valence electrons. The third-order valence-corrected chi connectivity index (χ3v) is 3.24. The highest BCUT2D eigenvalue weighted by molar-refractivity contribution is 5.37. The van der Waals surface area contributed by atoms with Crippen LogP contribution in [0.15, 0.2) is 0 Å². The van der Waals surface area contributed by atoms with E-state index in [1.54, 1.807) is 0 Å². The fourth-order valence-electron chi connectivity index (χ4n) is 1.82. The van der Waals surface area contributed by atoms with E-state index >= 15 is 0 Å². The first-order valence-corrected chi connectivity index (χ1v) is 6.67. The Kier molecular flexibility index (Phi) is 3.68. The fraction of sp³-hybridized carbons (Fsp3) is 0.769. The van der Waals surface area contributed by atoms with Gasteiger partial charge in [-0.1, -0.05) is 13.8 Å². The Hall–Kier alpha value is -1.39. The molecule has 1 aromatic heterocycles. The van der Waals surface area contributed by atoms with Crippen LogP contribution in [0.3, 0.4) is 0 Å². The van der Waals surface area contributed by atoms with Crippen LogP contribution in [0.25, 0.3) is 0 Å². The quantitative estimate of drug-likeness (QED) is 0.867. The van der Waals surface area contributed by atoms with Crippen molar-refractivity contribution in [2.75, 3.05) is 24.3 Å². The third-order valence-electron chi connectivity index (χ3n) is 3.24. The van der Waals surface area contributed by atoms with Crippen molar-refractivity contribution in [1.82, 2.24) is 15.0 Å². The molecule has 1 N–H and O–H groups in total. The molecule has 0 radical (unpaired) electrons. The van der Waals surface area contributed by atoms with Crippen molar-refractivity contribution in [3.8, 4) is 0 Å². The molecule has 1 aliphatic rings. The Bertz CT molecular complexity index is 386. The van der Waals surface area contributed by atoms with Gasteiger partial charge in [0.05, 0.1) is 0 Å². The monoisotopic (exact) mass is 249 g/mol. The van der Waals surface area contributed by atoms with Gasteiger partial charge in [-0.3, -0.25) is 0 Å². The predicted molar refractivity (Wildman–Crippen MR) is 74.1 cm³/mol. The maximum atomic E-state index is 4.51. The first-order valence-electron chi connectivity index (χ1n) is 6.67. The summed E-state index contributed by atoms with van der Waals surface area (Å²) < 4.78 is 0. The Balaban J connectivity index is 2.21. The molecule has 0 aliphatic heterocycles. The zero-order valence-electron chi connectivity index (χ0n) is 11.9. The lowest BCUT2D eigenvalue weighted by Crippen LogP contribution is -2.22. The van der Waals surface area contributed by atoms with Crippen LogP contribution in [-0.2, 0) is 0 Å². The van der Waals surface area contributed by atoms with Gasteiger partial charge in [-0.25, -0.2) is 0 Å². The second-order valence-electron chi connectivity index (χ2n) is 5.64. The summed E-state index contributed by atoms with van der Waals surface area (Å²) in [4.78, 5) is 15.3. The van der Waals surface area contributed by atoms with Gasteiger partial charge in [0, 0.05) is 26.1 Å². The van der Waals surface area contributed by atoms with Crippen molar-refractivity contribution in [3.63, 3.8) is 0 Å². The highest BCUT2D eigenvalue weighted by Gasteiger charge is 2.28. The topological polar surface area (TPSA) is 53.9 Å². The molecule has 1 saturated carbocycles. The Morgan fingerprint density at radius 2 is 1.78 bits per heavy atom. The summed E-state index contributed by atoms with van der Waals surface area (Å²) >= 11 is 0. The Morgan fingerprint density at radius 1 is 1.11 bits per heavy atom. The van der Waals surface area contributed by atoms with E-state index in [1.165, 1.54) is 12.8 Å². The zero-order chi connectivity index (χ0) is 13.3. The van der Waals surface area contributed by atoms with E-state index in [9.17, 15) is 0 Å². The van der Waals surface area contributed by atoms with Crippen molar-refractivity contribution in [2.24, 2.45) is 5.92 Å². The molecule has 1 aliphatic carbocycles. The van der Waals surface area contributed by atoms with Crippen molar-refractivity contribution >= 4 is 11.9 Å². The molecular formula is C13H23N5. The van der Waals surface area contributed by atoms with E-state index < -0.39 is 0 Å². The lowest BCUT2D eigenvalue weighted by molar-refractivity contribution is 0.677. The van der Waals surface area contributed by atoms with Crippen LogP contribution >= 0.6 is 0 Å². The number of aromatic nitrogens is 3. The van der Waals surface area contributed by atoms with Gasteiger partial charge in [0.2, 0.25) is 11.9 Å². The van der Waals surface area contributed by atoms with Crippen molar-refractivity contribution in [3.05, 3.63) is 5.82 Å². The maximum Gasteiger partial charge on any atom is 0.229 e. The van der Waals surface area contributed by atoms with Gasteiger partial charge in [0.1, 0.15) is 5.82 Å². The van der Waals surface area contributed by atoms with E-state index in [2.05, 4.69) is 41.0 Å². The van der Waals surface area contributed by atoms with Crippen LogP contribution in [0, 0.1) is 5.92 Å². The van der Waals surface area contributed by atoms with Crippen molar-refractivity contribution in [1.29, 1.82) is 0 Å². The number of nitrogens with zero attached hydrogens (tertiary/aromatic N) is 4. The smallest absolute Gasteiger partial charge is 0.229 e. The standard InChI is InChI=1S/C13H23N5/c1-8(2)11-15-12(14-9(3)10-6-7-10)17-13(16-11)18(4)5/h8-10H,6-7H2,1-5H3,(H,14,15,16,17). The maximum absolute atomic E-state index is 4.51. The molecule has 0 saturated heterocycles. The number of nitrogens with one attached hydrogen (secondary N) is 1. The zero-order valence-corrected chi connectivity index (χ0v) is 11.9. The molecule has 0 aromatic carbocycles. The Morgan fingerprint density at radius 3 is 2.28 bits per heavy atom.